The van der Waals surface area contributed by atoms with Gasteiger partial charge < -0.3 is 10.1 Å². The minimum atomic E-state index is 0.190. The van der Waals surface area contributed by atoms with Crippen LogP contribution in [0, 0.1) is 0 Å². The highest BCUT2D eigenvalue weighted by Gasteiger charge is 2.17. The monoisotopic (exact) mass is 253 g/mol. The molecule has 0 saturated heterocycles. The van der Waals surface area contributed by atoms with Crippen molar-refractivity contribution in [2.24, 2.45) is 0 Å². The lowest BCUT2D eigenvalue weighted by atomic mass is 10.1. The Bertz CT molecular complexity index is 436. The van der Waals surface area contributed by atoms with Crippen molar-refractivity contribution in [3.63, 3.8) is 0 Å². The van der Waals surface area contributed by atoms with E-state index >= 15 is 0 Å². The van der Waals surface area contributed by atoms with Crippen molar-refractivity contribution in [1.82, 2.24) is 14.7 Å². The van der Waals surface area contributed by atoms with Crippen LogP contribution in [0.5, 0.6) is 0 Å². The Hall–Kier alpha value is -0.910. The van der Waals surface area contributed by atoms with Crippen LogP contribution in [0.15, 0.2) is 17.8 Å². The topological polar surface area (TPSA) is 38.6 Å². The number of nitrogens with zero attached hydrogens (tertiary/aromatic N) is 2. The number of methoxy groups -OCH3 is 1. The molecule has 0 amide bonds. The van der Waals surface area contributed by atoms with Crippen molar-refractivity contribution in [3.8, 4) is 0 Å². The zero-order valence-electron chi connectivity index (χ0n) is 10.5. The van der Waals surface area contributed by atoms with Crippen molar-refractivity contribution in [1.29, 1.82) is 0 Å². The average Bonchev–Trinajstić information content (AvgIpc) is 2.88. The van der Waals surface area contributed by atoms with Crippen LogP contribution in [0.1, 0.15) is 19.5 Å². The van der Waals surface area contributed by atoms with Crippen LogP contribution in [0.4, 0.5) is 0 Å². The highest BCUT2D eigenvalue weighted by molar-refractivity contribution is 7.15. The largest absolute Gasteiger partial charge is 0.380 e. The molecule has 0 aliphatic carbocycles. The van der Waals surface area contributed by atoms with Crippen molar-refractivity contribution in [2.45, 2.75) is 32.4 Å². The highest BCUT2D eigenvalue weighted by Crippen LogP contribution is 2.13. The number of hydrogen-bond acceptors (Lipinski definition) is 4. The summed E-state index contributed by atoms with van der Waals surface area (Å²) in [4.78, 5) is 5.65. The number of hydrogen-bond donors (Lipinski definition) is 1. The molecule has 0 bridgehead atoms. The summed E-state index contributed by atoms with van der Waals surface area (Å²) in [7, 11) is 1.75. The molecule has 2 aromatic rings. The maximum absolute atomic E-state index is 5.40. The molecule has 1 N–H and O–H groups in total. The van der Waals surface area contributed by atoms with Gasteiger partial charge in [-0.1, -0.05) is 6.92 Å². The predicted octanol–water partition coefficient (Wildman–Crippen LogP) is 1.95. The maximum atomic E-state index is 5.40. The van der Waals surface area contributed by atoms with Crippen molar-refractivity contribution in [3.05, 3.63) is 23.5 Å². The van der Waals surface area contributed by atoms with Crippen LogP contribution in [-0.2, 0) is 11.2 Å². The summed E-state index contributed by atoms with van der Waals surface area (Å²) in [6.45, 7) is 5.15. The quantitative estimate of drug-likeness (QED) is 0.855. The lowest BCUT2D eigenvalue weighted by Crippen LogP contribution is -2.41. The molecule has 2 heterocycles. The van der Waals surface area contributed by atoms with Gasteiger partial charge in [0.25, 0.3) is 0 Å². The van der Waals surface area contributed by atoms with Crippen LogP contribution in [0.2, 0.25) is 0 Å². The maximum Gasteiger partial charge on any atom is 0.193 e. The van der Waals surface area contributed by atoms with Crippen molar-refractivity contribution >= 4 is 16.3 Å². The Balaban J connectivity index is 2.09. The fourth-order valence-corrected chi connectivity index (χ4v) is 2.65. The van der Waals surface area contributed by atoms with Gasteiger partial charge in [0.2, 0.25) is 0 Å². The fraction of sp³-hybridized carbons (Fsp3) is 0.583. The number of likely N-dealkylation sites (N-methyl/N-ethyl adjacent to an activating group) is 1. The molecular weight excluding hydrogens is 234 g/mol. The Kier molecular flexibility index (Phi) is 4.15. The van der Waals surface area contributed by atoms with E-state index in [9.17, 15) is 0 Å². The zero-order chi connectivity index (χ0) is 12.3. The van der Waals surface area contributed by atoms with E-state index in [0.29, 0.717) is 6.04 Å². The first-order valence-corrected chi connectivity index (χ1v) is 6.79. The molecule has 0 aliphatic rings. The molecule has 94 valence electrons. The summed E-state index contributed by atoms with van der Waals surface area (Å²) in [6.07, 6.45) is 5.23. The first kappa shape index (κ1) is 12.5. The first-order valence-electron chi connectivity index (χ1n) is 5.91. The lowest BCUT2D eigenvalue weighted by molar-refractivity contribution is 0.0833. The normalized spacial score (nSPS) is 15.2. The van der Waals surface area contributed by atoms with E-state index in [1.54, 1.807) is 18.4 Å². The van der Waals surface area contributed by atoms with E-state index < -0.39 is 0 Å². The molecule has 0 saturated carbocycles. The van der Waals surface area contributed by atoms with Crippen molar-refractivity contribution < 1.29 is 4.74 Å². The lowest BCUT2D eigenvalue weighted by Gasteiger charge is -2.22. The third-order valence-corrected chi connectivity index (χ3v) is 3.75. The highest BCUT2D eigenvalue weighted by atomic mass is 32.1. The number of ether oxygens (including phenoxy) is 1. The number of rotatable bonds is 6. The molecule has 0 aromatic carbocycles. The summed E-state index contributed by atoms with van der Waals surface area (Å²) in [5.41, 5.74) is 1.12. The molecule has 5 heteroatoms. The van der Waals surface area contributed by atoms with E-state index in [2.05, 4.69) is 34.7 Å². The van der Waals surface area contributed by atoms with Crippen molar-refractivity contribution in [2.75, 3.05) is 13.7 Å². The SMILES string of the molecule is CCNC(Cc1cn2ccsc2n1)C(C)OC. The van der Waals surface area contributed by atoms with Gasteiger partial charge in [-0.15, -0.1) is 11.3 Å². The van der Waals surface area contributed by atoms with Gasteiger partial charge in [-0.2, -0.15) is 0 Å². The molecule has 2 atom stereocenters. The average molecular weight is 253 g/mol. The van der Waals surface area contributed by atoms with Crippen LogP contribution in [-0.4, -0.2) is 35.2 Å². The van der Waals surface area contributed by atoms with Gasteiger partial charge in [0, 0.05) is 37.3 Å². The molecule has 0 aliphatic heterocycles. The number of aromatic nitrogens is 2. The molecule has 2 aromatic heterocycles. The minimum absolute atomic E-state index is 0.190. The van der Waals surface area contributed by atoms with E-state index in [1.165, 1.54) is 0 Å². The van der Waals surface area contributed by atoms with Gasteiger partial charge >= 0.3 is 0 Å². The minimum Gasteiger partial charge on any atom is -0.380 e. The van der Waals surface area contributed by atoms with E-state index in [0.717, 1.165) is 23.6 Å². The van der Waals surface area contributed by atoms with Gasteiger partial charge in [0.1, 0.15) is 0 Å². The van der Waals surface area contributed by atoms with Gasteiger partial charge in [-0.25, -0.2) is 4.98 Å². The Morgan fingerprint density at radius 3 is 3.06 bits per heavy atom. The Morgan fingerprint density at radius 2 is 2.41 bits per heavy atom. The second kappa shape index (κ2) is 5.62. The summed E-state index contributed by atoms with van der Waals surface area (Å²) < 4.78 is 7.47. The molecule has 17 heavy (non-hydrogen) atoms. The van der Waals surface area contributed by atoms with Crippen LogP contribution < -0.4 is 5.32 Å². The molecule has 0 radical (unpaired) electrons. The molecule has 0 spiro atoms. The third-order valence-electron chi connectivity index (χ3n) is 2.98. The number of nitrogens with one attached hydrogen (secondary N) is 1. The van der Waals surface area contributed by atoms with E-state index in [-0.39, 0.29) is 6.10 Å². The first-order chi connectivity index (χ1) is 8.24. The van der Waals surface area contributed by atoms with Crippen LogP contribution in [0.3, 0.4) is 0 Å². The Labute approximate surface area is 106 Å². The number of thiazole rings is 1. The van der Waals surface area contributed by atoms with Gasteiger partial charge in [0.15, 0.2) is 4.96 Å². The van der Waals surface area contributed by atoms with Gasteiger partial charge in [-0.3, -0.25) is 4.40 Å². The van der Waals surface area contributed by atoms with Crippen LogP contribution in [0.25, 0.3) is 4.96 Å². The van der Waals surface area contributed by atoms with Gasteiger partial charge in [0.05, 0.1) is 11.8 Å². The third kappa shape index (κ3) is 2.86. The molecule has 0 fully saturated rings. The second-order valence-electron chi connectivity index (χ2n) is 4.13. The molecule has 2 unspecified atom stereocenters. The van der Waals surface area contributed by atoms with E-state index in [1.807, 2.05) is 11.6 Å². The molecule has 4 nitrogen and oxygen atoms in total. The standard InChI is InChI=1S/C12H19N3OS/c1-4-13-11(9(2)16-3)7-10-8-15-5-6-17-12(15)14-10/h5-6,8-9,11,13H,4,7H2,1-3H3. The van der Waals surface area contributed by atoms with Gasteiger partial charge in [-0.05, 0) is 13.5 Å². The predicted molar refractivity (Wildman–Crippen MR) is 70.7 cm³/mol. The molecule has 2 rings (SSSR count). The summed E-state index contributed by atoms with van der Waals surface area (Å²) in [5, 5.41) is 5.49. The van der Waals surface area contributed by atoms with E-state index in [4.69, 9.17) is 4.74 Å². The smallest absolute Gasteiger partial charge is 0.193 e. The Morgan fingerprint density at radius 1 is 1.59 bits per heavy atom. The zero-order valence-corrected chi connectivity index (χ0v) is 11.3. The fourth-order valence-electron chi connectivity index (χ4n) is 1.93. The number of fused-ring (bicyclic) bond motifs is 1. The summed E-state index contributed by atoms with van der Waals surface area (Å²) in [6, 6.07) is 0.314. The van der Waals surface area contributed by atoms with Crippen LogP contribution >= 0.6 is 11.3 Å². The number of imidazole rings is 1. The summed E-state index contributed by atoms with van der Waals surface area (Å²) >= 11 is 1.66. The summed E-state index contributed by atoms with van der Waals surface area (Å²) in [5.74, 6) is 0. The second-order valence-corrected chi connectivity index (χ2v) is 5.01. The molecular formula is C12H19N3OS.